The van der Waals surface area contributed by atoms with Gasteiger partial charge in [-0.2, -0.15) is 0 Å². The van der Waals surface area contributed by atoms with Crippen LogP contribution in [0.3, 0.4) is 0 Å². The van der Waals surface area contributed by atoms with Crippen LogP contribution >= 0.6 is 0 Å². The van der Waals surface area contributed by atoms with Gasteiger partial charge in [0.2, 0.25) is 0 Å². The van der Waals surface area contributed by atoms with Gasteiger partial charge in [0.25, 0.3) is 5.91 Å². The van der Waals surface area contributed by atoms with Crippen LogP contribution in [0, 0.1) is 5.92 Å². The molecule has 4 atom stereocenters. The molecule has 44 heavy (non-hydrogen) atoms. The van der Waals surface area contributed by atoms with Crippen molar-refractivity contribution in [1.29, 1.82) is 0 Å². The third-order valence-corrected chi connectivity index (χ3v) is 13.5. The van der Waals surface area contributed by atoms with Gasteiger partial charge in [-0.15, -0.1) is 5.10 Å². The van der Waals surface area contributed by atoms with Crippen molar-refractivity contribution in [1.82, 2.24) is 15.0 Å². The lowest BCUT2D eigenvalue weighted by molar-refractivity contribution is 0.0250. The Balaban J connectivity index is 1.27. The number of aromatic nitrogens is 3. The molecule has 5 rings (SSSR count). The smallest absolute Gasteiger partial charge is 0.255 e. The molecule has 9 heteroatoms. The third kappa shape index (κ3) is 7.46. The summed E-state index contributed by atoms with van der Waals surface area (Å²) in [6.45, 7) is 8.09. The SMILES string of the molecule is COc1ccc([Si](C)(C)[C@H]2[C@H](C)[C@H](CCc3ccc(NC(=O)c4ccccc4)cc3)O[C@@H]2CCn2cc(CCO)nn2)cc1. The number of ether oxygens (including phenoxy) is 2. The van der Waals surface area contributed by atoms with Crippen LogP contribution < -0.4 is 15.2 Å². The average molecular weight is 613 g/mol. The highest BCUT2D eigenvalue weighted by atomic mass is 28.3. The summed E-state index contributed by atoms with van der Waals surface area (Å²) in [5, 5.41) is 22.1. The van der Waals surface area contributed by atoms with Crippen LogP contribution in [0.15, 0.2) is 85.1 Å². The molecule has 1 fully saturated rings. The number of aliphatic hydroxyl groups is 1. The minimum absolute atomic E-state index is 0.0679. The van der Waals surface area contributed by atoms with E-state index in [0.717, 1.165) is 42.9 Å². The van der Waals surface area contributed by atoms with Crippen molar-refractivity contribution in [3.8, 4) is 5.75 Å². The normalized spacial score (nSPS) is 20.0. The first-order valence-corrected chi connectivity index (χ1v) is 18.6. The molecule has 1 saturated heterocycles. The maximum Gasteiger partial charge on any atom is 0.255 e. The fourth-order valence-electron chi connectivity index (χ4n) is 6.71. The van der Waals surface area contributed by atoms with Gasteiger partial charge in [-0.25, -0.2) is 0 Å². The van der Waals surface area contributed by atoms with Crippen molar-refractivity contribution < 1.29 is 19.4 Å². The second-order valence-electron chi connectivity index (χ2n) is 12.3. The maximum atomic E-state index is 12.5. The number of aliphatic hydroxyl groups excluding tert-OH is 1. The predicted octanol–water partition coefficient (Wildman–Crippen LogP) is 5.49. The fourth-order valence-corrected chi connectivity index (χ4v) is 10.8. The molecule has 0 spiro atoms. The number of hydrogen-bond acceptors (Lipinski definition) is 6. The topological polar surface area (TPSA) is 98.5 Å². The zero-order valence-corrected chi connectivity index (χ0v) is 27.1. The summed E-state index contributed by atoms with van der Waals surface area (Å²) in [6.07, 6.45) is 5.39. The molecule has 232 valence electrons. The van der Waals surface area contributed by atoms with Crippen molar-refractivity contribution in [2.45, 2.75) is 70.0 Å². The van der Waals surface area contributed by atoms with E-state index in [-0.39, 0.29) is 24.7 Å². The summed E-state index contributed by atoms with van der Waals surface area (Å²) in [5.41, 5.74) is 3.89. The molecule has 0 radical (unpaired) electrons. The Morgan fingerprint density at radius 3 is 2.39 bits per heavy atom. The largest absolute Gasteiger partial charge is 0.497 e. The van der Waals surface area contributed by atoms with E-state index in [1.54, 1.807) is 7.11 Å². The second-order valence-corrected chi connectivity index (χ2v) is 17.0. The van der Waals surface area contributed by atoms with E-state index >= 15 is 0 Å². The van der Waals surface area contributed by atoms with Crippen LogP contribution in [0.25, 0.3) is 0 Å². The summed E-state index contributed by atoms with van der Waals surface area (Å²) >= 11 is 0. The number of nitrogens with zero attached hydrogens (tertiary/aromatic N) is 3. The van der Waals surface area contributed by atoms with Crippen LogP contribution in [0.4, 0.5) is 5.69 Å². The highest BCUT2D eigenvalue weighted by Crippen LogP contribution is 2.46. The van der Waals surface area contributed by atoms with Gasteiger partial charge in [0.15, 0.2) is 0 Å². The van der Waals surface area contributed by atoms with Gasteiger partial charge in [-0.05, 0) is 72.7 Å². The Morgan fingerprint density at radius 2 is 1.70 bits per heavy atom. The molecular formula is C35H44N4O4Si. The minimum Gasteiger partial charge on any atom is -0.497 e. The zero-order valence-electron chi connectivity index (χ0n) is 26.1. The summed E-state index contributed by atoms with van der Waals surface area (Å²) in [6, 6.07) is 26.0. The molecule has 1 amide bonds. The van der Waals surface area contributed by atoms with E-state index < -0.39 is 8.07 Å². The molecule has 0 aliphatic carbocycles. The molecule has 0 saturated carbocycles. The molecule has 0 unspecified atom stereocenters. The average Bonchev–Trinajstić information content (AvgIpc) is 3.63. The lowest BCUT2D eigenvalue weighted by Gasteiger charge is -2.36. The summed E-state index contributed by atoms with van der Waals surface area (Å²) in [7, 11) is -0.250. The lowest BCUT2D eigenvalue weighted by Crippen LogP contribution is -2.50. The molecular weight excluding hydrogens is 568 g/mol. The third-order valence-electron chi connectivity index (χ3n) is 9.13. The molecule has 1 aliphatic heterocycles. The van der Waals surface area contributed by atoms with Crippen molar-refractivity contribution in [2.75, 3.05) is 19.0 Å². The van der Waals surface area contributed by atoms with Gasteiger partial charge in [-0.1, -0.05) is 72.9 Å². The standard InChI is InChI=1S/C35H44N4O4Si/c1-25-32(19-12-26-10-13-28(14-11-26)36-35(41)27-8-6-5-7-9-27)43-33(20-22-39-24-29(21-23-40)37-38-39)34(25)44(3,4)31-17-15-30(42-2)16-18-31/h5-11,13-18,24-25,32-34,40H,12,19-23H2,1-4H3,(H,36,41)/t25-,32+,33-,34+/m1/s1. The zero-order chi connectivity index (χ0) is 31.1. The lowest BCUT2D eigenvalue weighted by atomic mass is 9.95. The van der Waals surface area contributed by atoms with Gasteiger partial charge in [0.1, 0.15) is 5.75 Å². The van der Waals surface area contributed by atoms with Gasteiger partial charge in [0, 0.05) is 37.0 Å². The summed E-state index contributed by atoms with van der Waals surface area (Å²) in [4.78, 5) is 12.5. The van der Waals surface area contributed by atoms with Crippen LogP contribution in [0.1, 0.15) is 41.4 Å². The Morgan fingerprint density at radius 1 is 0.977 bits per heavy atom. The van der Waals surface area contributed by atoms with Crippen LogP contribution in [-0.2, 0) is 24.1 Å². The first-order valence-electron chi connectivity index (χ1n) is 15.5. The number of anilines is 1. The monoisotopic (exact) mass is 612 g/mol. The van der Waals surface area contributed by atoms with Crippen LogP contribution in [-0.4, -0.2) is 60.0 Å². The van der Waals surface area contributed by atoms with E-state index in [9.17, 15) is 9.90 Å². The predicted molar refractivity (Wildman–Crippen MR) is 176 cm³/mol. The molecule has 1 aromatic heterocycles. The van der Waals surface area contributed by atoms with Crippen LogP contribution in [0.2, 0.25) is 18.6 Å². The van der Waals surface area contributed by atoms with E-state index in [1.807, 2.05) is 53.3 Å². The number of carbonyl (C=O) groups excluding carboxylic acids is 1. The number of amides is 1. The molecule has 3 aromatic carbocycles. The summed E-state index contributed by atoms with van der Waals surface area (Å²) < 4.78 is 14.2. The van der Waals surface area contributed by atoms with Gasteiger partial charge >= 0.3 is 0 Å². The number of carbonyl (C=O) groups is 1. The van der Waals surface area contributed by atoms with Gasteiger partial charge in [0.05, 0.1) is 33.1 Å². The quantitative estimate of drug-likeness (QED) is 0.194. The fraction of sp³-hybridized carbons (Fsp3) is 0.400. The highest BCUT2D eigenvalue weighted by molar-refractivity contribution is 6.91. The van der Waals surface area contributed by atoms with Gasteiger partial charge in [-0.3, -0.25) is 9.48 Å². The Bertz CT molecular complexity index is 1490. The van der Waals surface area contributed by atoms with Gasteiger partial charge < -0.3 is 19.9 Å². The molecule has 2 heterocycles. The number of aryl methyl sites for hydroxylation is 2. The van der Waals surface area contributed by atoms with E-state index in [2.05, 4.69) is 72.0 Å². The molecule has 0 bridgehead atoms. The molecule has 8 nitrogen and oxygen atoms in total. The van der Waals surface area contributed by atoms with E-state index in [4.69, 9.17) is 9.47 Å². The van der Waals surface area contributed by atoms with Crippen LogP contribution in [0.5, 0.6) is 5.75 Å². The number of nitrogens with one attached hydrogen (secondary N) is 1. The van der Waals surface area contributed by atoms with E-state index in [1.165, 1.54) is 10.8 Å². The number of rotatable bonds is 13. The van der Waals surface area contributed by atoms with E-state index in [0.29, 0.717) is 23.4 Å². The van der Waals surface area contributed by atoms with Crippen molar-refractivity contribution in [2.24, 2.45) is 5.92 Å². The first-order chi connectivity index (χ1) is 21.3. The highest BCUT2D eigenvalue weighted by Gasteiger charge is 2.50. The van der Waals surface area contributed by atoms with Crippen molar-refractivity contribution >= 4 is 24.9 Å². The molecule has 4 aromatic rings. The molecule has 2 N–H and O–H groups in total. The number of methoxy groups -OCH3 is 1. The molecule has 1 aliphatic rings. The summed E-state index contributed by atoms with van der Waals surface area (Å²) in [5.74, 6) is 1.16. The Labute approximate surface area is 261 Å². The Hall–Kier alpha value is -3.79. The number of hydrogen-bond donors (Lipinski definition) is 2. The second kappa shape index (κ2) is 14.3. The number of benzene rings is 3. The van der Waals surface area contributed by atoms with Crippen molar-refractivity contribution in [3.05, 3.63) is 102 Å². The minimum atomic E-state index is -1.95. The maximum absolute atomic E-state index is 12.5. The first kappa shape index (κ1) is 31.6. The van der Waals surface area contributed by atoms with Crippen molar-refractivity contribution in [3.63, 3.8) is 0 Å². The Kier molecular flexibility index (Phi) is 10.3.